The number of nitrogens with one attached hydrogen (secondary N) is 2. The molecule has 0 aliphatic rings. The van der Waals surface area contributed by atoms with Gasteiger partial charge in [0.2, 0.25) is 0 Å². The van der Waals surface area contributed by atoms with E-state index in [1.807, 2.05) is 24.9 Å². The molecular weight excluding hydrogens is 292 g/mol. The summed E-state index contributed by atoms with van der Waals surface area (Å²) in [5.41, 5.74) is 1.26. The van der Waals surface area contributed by atoms with Gasteiger partial charge in [-0.3, -0.25) is 4.99 Å². The van der Waals surface area contributed by atoms with E-state index in [0.29, 0.717) is 0 Å². The molecule has 22 heavy (non-hydrogen) atoms. The summed E-state index contributed by atoms with van der Waals surface area (Å²) in [5.74, 6) is 0.879. The molecule has 0 amide bonds. The molecule has 0 radical (unpaired) electrons. The van der Waals surface area contributed by atoms with Gasteiger partial charge in [0.15, 0.2) is 5.96 Å². The standard InChI is InChI=1S/C17H30N4S/c1-17(2,22-5)14-20-16(18-3)19-12-9-13-21(4)15-10-7-6-8-11-15/h6-8,10-11H,9,12-14H2,1-5H3,(H2,18,19,20). The largest absolute Gasteiger partial charge is 0.375 e. The molecule has 1 rings (SSSR count). The molecule has 0 aliphatic carbocycles. The maximum atomic E-state index is 4.27. The highest BCUT2D eigenvalue weighted by atomic mass is 32.2. The highest BCUT2D eigenvalue weighted by molar-refractivity contribution is 7.99. The fourth-order valence-electron chi connectivity index (χ4n) is 1.92. The molecule has 1 aromatic carbocycles. The van der Waals surface area contributed by atoms with Crippen LogP contribution in [0, 0.1) is 0 Å². The Morgan fingerprint density at radius 1 is 1.23 bits per heavy atom. The van der Waals surface area contributed by atoms with Crippen molar-refractivity contribution in [3.63, 3.8) is 0 Å². The maximum Gasteiger partial charge on any atom is 0.191 e. The van der Waals surface area contributed by atoms with Crippen molar-refractivity contribution in [1.82, 2.24) is 10.6 Å². The van der Waals surface area contributed by atoms with Gasteiger partial charge in [0.1, 0.15) is 0 Å². The van der Waals surface area contributed by atoms with Crippen molar-refractivity contribution in [1.29, 1.82) is 0 Å². The maximum absolute atomic E-state index is 4.27. The van der Waals surface area contributed by atoms with Gasteiger partial charge in [-0.05, 0) is 38.7 Å². The fraction of sp³-hybridized carbons (Fsp3) is 0.588. The minimum absolute atomic E-state index is 0.213. The number of rotatable bonds is 8. The number of hydrogen-bond acceptors (Lipinski definition) is 3. The average molecular weight is 323 g/mol. The highest BCUT2D eigenvalue weighted by Crippen LogP contribution is 2.19. The Morgan fingerprint density at radius 2 is 1.91 bits per heavy atom. The normalized spacial score (nSPS) is 12.1. The van der Waals surface area contributed by atoms with E-state index in [1.165, 1.54) is 5.69 Å². The molecule has 0 saturated heterocycles. The van der Waals surface area contributed by atoms with Gasteiger partial charge in [-0.2, -0.15) is 11.8 Å². The van der Waals surface area contributed by atoms with Crippen LogP contribution in [0.5, 0.6) is 0 Å². The molecule has 5 heteroatoms. The summed E-state index contributed by atoms with van der Waals surface area (Å²) in [5, 5.41) is 6.76. The van der Waals surface area contributed by atoms with Crippen LogP contribution in [0.1, 0.15) is 20.3 Å². The molecule has 4 nitrogen and oxygen atoms in total. The van der Waals surface area contributed by atoms with Crippen molar-refractivity contribution in [2.75, 3.05) is 44.9 Å². The number of hydrogen-bond donors (Lipinski definition) is 2. The molecule has 0 spiro atoms. The van der Waals surface area contributed by atoms with E-state index in [0.717, 1.165) is 32.0 Å². The number of benzene rings is 1. The third-order valence-corrected chi connectivity index (χ3v) is 4.87. The smallest absolute Gasteiger partial charge is 0.191 e. The quantitative estimate of drug-likeness (QED) is 0.439. The third kappa shape index (κ3) is 7.07. The van der Waals surface area contributed by atoms with Gasteiger partial charge in [0.05, 0.1) is 0 Å². The van der Waals surface area contributed by atoms with Crippen LogP contribution in [0.15, 0.2) is 35.3 Å². The number of nitrogens with zero attached hydrogens (tertiary/aromatic N) is 2. The molecule has 124 valence electrons. The molecule has 0 atom stereocenters. The lowest BCUT2D eigenvalue weighted by atomic mass is 10.2. The monoisotopic (exact) mass is 322 g/mol. The molecule has 0 unspecified atom stereocenters. The fourth-order valence-corrected chi connectivity index (χ4v) is 2.14. The van der Waals surface area contributed by atoms with E-state index in [1.54, 1.807) is 0 Å². The first-order chi connectivity index (χ1) is 10.5. The molecular formula is C17H30N4S. The Labute approximate surface area is 139 Å². The number of anilines is 1. The van der Waals surface area contributed by atoms with Crippen molar-refractivity contribution in [2.45, 2.75) is 25.0 Å². The van der Waals surface area contributed by atoms with Crippen molar-refractivity contribution in [2.24, 2.45) is 4.99 Å². The first-order valence-corrected chi connectivity index (χ1v) is 8.97. The first-order valence-electron chi connectivity index (χ1n) is 7.74. The molecule has 0 aliphatic heterocycles. The Morgan fingerprint density at radius 3 is 2.50 bits per heavy atom. The van der Waals surface area contributed by atoms with Crippen LogP contribution >= 0.6 is 11.8 Å². The number of para-hydroxylation sites is 1. The first kappa shape index (κ1) is 18.7. The van der Waals surface area contributed by atoms with Crippen molar-refractivity contribution >= 4 is 23.4 Å². The number of aliphatic imine (C=N–C) groups is 1. The lowest BCUT2D eigenvalue weighted by Gasteiger charge is -2.24. The van der Waals surface area contributed by atoms with Gasteiger partial charge < -0.3 is 15.5 Å². The highest BCUT2D eigenvalue weighted by Gasteiger charge is 2.15. The molecule has 0 bridgehead atoms. The van der Waals surface area contributed by atoms with Gasteiger partial charge in [0.25, 0.3) is 0 Å². The molecule has 0 saturated carbocycles. The zero-order chi connectivity index (χ0) is 16.4. The van der Waals surface area contributed by atoms with E-state index >= 15 is 0 Å². The summed E-state index contributed by atoms with van der Waals surface area (Å²) < 4.78 is 0.213. The van der Waals surface area contributed by atoms with Crippen LogP contribution in [-0.2, 0) is 0 Å². The Bertz CT molecular complexity index is 445. The summed E-state index contributed by atoms with van der Waals surface area (Å²) in [6.07, 6.45) is 3.20. The van der Waals surface area contributed by atoms with Gasteiger partial charge in [0, 0.05) is 44.2 Å². The van der Waals surface area contributed by atoms with Crippen molar-refractivity contribution in [3.8, 4) is 0 Å². The van der Waals surface area contributed by atoms with Gasteiger partial charge in [-0.1, -0.05) is 18.2 Å². The number of guanidine groups is 1. The summed E-state index contributed by atoms with van der Waals surface area (Å²) in [6.45, 7) is 7.29. The minimum Gasteiger partial charge on any atom is -0.375 e. The predicted molar refractivity (Wildman–Crippen MR) is 101 cm³/mol. The van der Waals surface area contributed by atoms with Crippen LogP contribution in [0.2, 0.25) is 0 Å². The zero-order valence-corrected chi connectivity index (χ0v) is 15.3. The van der Waals surface area contributed by atoms with Crippen LogP contribution in [0.4, 0.5) is 5.69 Å². The summed E-state index contributed by atoms with van der Waals surface area (Å²) >= 11 is 1.86. The van der Waals surface area contributed by atoms with Gasteiger partial charge >= 0.3 is 0 Å². The van der Waals surface area contributed by atoms with E-state index in [9.17, 15) is 0 Å². The van der Waals surface area contributed by atoms with Crippen molar-refractivity contribution < 1.29 is 0 Å². The average Bonchev–Trinajstić information content (AvgIpc) is 2.54. The van der Waals surface area contributed by atoms with Crippen LogP contribution in [-0.4, -0.2) is 50.7 Å². The lowest BCUT2D eigenvalue weighted by Crippen LogP contribution is -2.43. The van der Waals surface area contributed by atoms with Crippen LogP contribution < -0.4 is 15.5 Å². The molecule has 2 N–H and O–H groups in total. The Balaban J connectivity index is 2.25. The van der Waals surface area contributed by atoms with Crippen LogP contribution in [0.25, 0.3) is 0 Å². The van der Waals surface area contributed by atoms with Crippen molar-refractivity contribution in [3.05, 3.63) is 30.3 Å². The van der Waals surface area contributed by atoms with Gasteiger partial charge in [-0.25, -0.2) is 0 Å². The SMILES string of the molecule is CN=C(NCCCN(C)c1ccccc1)NCC(C)(C)SC. The molecule has 0 fully saturated rings. The second kappa shape index (κ2) is 9.62. The van der Waals surface area contributed by atoms with E-state index < -0.39 is 0 Å². The molecule has 1 aromatic rings. The predicted octanol–water partition coefficient (Wildman–Crippen LogP) is 2.82. The topological polar surface area (TPSA) is 39.7 Å². The van der Waals surface area contributed by atoms with Gasteiger partial charge in [-0.15, -0.1) is 0 Å². The number of thioether (sulfide) groups is 1. The van der Waals surface area contributed by atoms with E-state index in [-0.39, 0.29) is 4.75 Å². The Kier molecular flexibility index (Phi) is 8.17. The summed E-state index contributed by atoms with van der Waals surface area (Å²) in [6, 6.07) is 10.5. The van der Waals surface area contributed by atoms with Crippen LogP contribution in [0.3, 0.4) is 0 Å². The molecule has 0 heterocycles. The lowest BCUT2D eigenvalue weighted by molar-refractivity contribution is 0.658. The second-order valence-electron chi connectivity index (χ2n) is 5.93. The molecule has 0 aromatic heterocycles. The summed E-state index contributed by atoms with van der Waals surface area (Å²) in [7, 11) is 3.95. The summed E-state index contributed by atoms with van der Waals surface area (Å²) in [4.78, 5) is 6.54. The van der Waals surface area contributed by atoms with E-state index in [2.05, 4.69) is 71.9 Å². The van der Waals surface area contributed by atoms with E-state index in [4.69, 9.17) is 0 Å². The Hall–Kier alpha value is -1.36. The minimum atomic E-state index is 0.213. The third-order valence-electron chi connectivity index (χ3n) is 3.62. The second-order valence-corrected chi connectivity index (χ2v) is 7.44. The zero-order valence-electron chi connectivity index (χ0n) is 14.5.